The summed E-state index contributed by atoms with van der Waals surface area (Å²) in [5.41, 5.74) is -0.0626. The fourth-order valence-electron chi connectivity index (χ4n) is 1.57. The summed E-state index contributed by atoms with van der Waals surface area (Å²) in [6.07, 6.45) is 1.89. The third kappa shape index (κ3) is 3.59. The second-order valence-corrected chi connectivity index (χ2v) is 5.28. The quantitative estimate of drug-likeness (QED) is 0.451. The van der Waals surface area contributed by atoms with Crippen LogP contribution in [-0.2, 0) is 11.2 Å². The van der Waals surface area contributed by atoms with Crippen molar-refractivity contribution in [2.75, 3.05) is 5.32 Å². The Hall–Kier alpha value is -2.92. The molecule has 0 radical (unpaired) electrons. The molecule has 1 aromatic heterocycles. The van der Waals surface area contributed by atoms with E-state index in [-0.39, 0.29) is 22.6 Å². The molecule has 22 heavy (non-hydrogen) atoms. The van der Waals surface area contributed by atoms with Gasteiger partial charge in [0.15, 0.2) is 0 Å². The van der Waals surface area contributed by atoms with Crippen molar-refractivity contribution >= 4 is 28.5 Å². The highest BCUT2D eigenvalue weighted by atomic mass is 32.1. The zero-order valence-electron chi connectivity index (χ0n) is 11.6. The number of hydrogen-bond acceptors (Lipinski definition) is 7. The van der Waals surface area contributed by atoms with Gasteiger partial charge in [0, 0.05) is 5.56 Å². The molecule has 2 rings (SSSR count). The first-order chi connectivity index (χ1) is 10.5. The highest BCUT2D eigenvalue weighted by Crippen LogP contribution is 2.25. The van der Waals surface area contributed by atoms with Crippen LogP contribution in [0.5, 0.6) is 11.5 Å². The van der Waals surface area contributed by atoms with Crippen LogP contribution in [0.4, 0.5) is 5.13 Å². The number of aromatic hydroxyl groups is 2. The van der Waals surface area contributed by atoms with Crippen LogP contribution in [0.1, 0.15) is 17.5 Å². The SMILES string of the molecule is CCc1nnc(NC(=O)C(C#N)=Cc2cc(O)ccc2O)s1. The molecule has 0 aliphatic carbocycles. The molecule has 0 aliphatic heterocycles. The van der Waals surface area contributed by atoms with Crippen molar-refractivity contribution < 1.29 is 15.0 Å². The second-order valence-electron chi connectivity index (χ2n) is 4.22. The summed E-state index contributed by atoms with van der Waals surface area (Å²) in [7, 11) is 0. The normalized spacial score (nSPS) is 11.0. The number of nitrogens with one attached hydrogen (secondary N) is 1. The van der Waals surface area contributed by atoms with Gasteiger partial charge < -0.3 is 10.2 Å². The van der Waals surface area contributed by atoms with Crippen LogP contribution < -0.4 is 5.32 Å². The lowest BCUT2D eigenvalue weighted by Gasteiger charge is -2.02. The number of phenolic OH excluding ortho intramolecular Hbond substituents is 2. The van der Waals surface area contributed by atoms with Crippen molar-refractivity contribution in [2.45, 2.75) is 13.3 Å². The van der Waals surface area contributed by atoms with E-state index >= 15 is 0 Å². The lowest BCUT2D eigenvalue weighted by atomic mass is 10.1. The fraction of sp³-hybridized carbons (Fsp3) is 0.143. The first-order valence-electron chi connectivity index (χ1n) is 6.31. The predicted octanol–water partition coefficient (Wildman–Crippen LogP) is 2.06. The molecule has 0 atom stereocenters. The largest absolute Gasteiger partial charge is 0.508 e. The Morgan fingerprint density at radius 2 is 2.23 bits per heavy atom. The van der Waals surface area contributed by atoms with Gasteiger partial charge in [0.05, 0.1) is 0 Å². The summed E-state index contributed by atoms with van der Waals surface area (Å²) in [6, 6.07) is 5.57. The van der Waals surface area contributed by atoms with Gasteiger partial charge in [-0.3, -0.25) is 10.1 Å². The van der Waals surface area contributed by atoms with E-state index < -0.39 is 5.91 Å². The monoisotopic (exact) mass is 316 g/mol. The van der Waals surface area contributed by atoms with Crippen molar-refractivity contribution in [3.05, 3.63) is 34.3 Å². The fourth-order valence-corrected chi connectivity index (χ4v) is 2.25. The zero-order valence-corrected chi connectivity index (χ0v) is 12.4. The second kappa shape index (κ2) is 6.69. The molecule has 0 saturated heterocycles. The number of nitriles is 1. The average molecular weight is 316 g/mol. The van der Waals surface area contributed by atoms with Crippen LogP contribution in [0, 0.1) is 11.3 Å². The molecule has 0 aliphatic rings. The maximum Gasteiger partial charge on any atom is 0.268 e. The average Bonchev–Trinajstić information content (AvgIpc) is 2.95. The molecule has 1 heterocycles. The summed E-state index contributed by atoms with van der Waals surface area (Å²) >= 11 is 1.22. The van der Waals surface area contributed by atoms with Gasteiger partial charge in [-0.1, -0.05) is 18.3 Å². The van der Waals surface area contributed by atoms with Crippen LogP contribution in [0.25, 0.3) is 6.08 Å². The predicted molar refractivity (Wildman–Crippen MR) is 81.3 cm³/mol. The Morgan fingerprint density at radius 1 is 1.45 bits per heavy atom. The van der Waals surface area contributed by atoms with Gasteiger partial charge in [0.25, 0.3) is 5.91 Å². The zero-order chi connectivity index (χ0) is 16.1. The standard InChI is InChI=1S/C14H12N4O3S/c1-2-12-17-18-14(22-12)16-13(21)9(7-15)5-8-6-10(19)3-4-11(8)20/h3-6,19-20H,2H2,1H3,(H,16,18,21). The number of phenols is 2. The molecular weight excluding hydrogens is 304 g/mol. The van der Waals surface area contributed by atoms with Crippen molar-refractivity contribution in [1.82, 2.24) is 10.2 Å². The lowest BCUT2D eigenvalue weighted by molar-refractivity contribution is -0.112. The summed E-state index contributed by atoms with van der Waals surface area (Å²) in [4.78, 5) is 12.0. The van der Waals surface area contributed by atoms with Gasteiger partial charge in [-0.15, -0.1) is 10.2 Å². The first kappa shape index (κ1) is 15.5. The molecule has 2 aromatic rings. The number of amides is 1. The van der Waals surface area contributed by atoms with E-state index in [1.54, 1.807) is 6.07 Å². The first-order valence-corrected chi connectivity index (χ1v) is 7.12. The molecule has 0 spiro atoms. The van der Waals surface area contributed by atoms with Crippen molar-refractivity contribution in [1.29, 1.82) is 5.26 Å². The smallest absolute Gasteiger partial charge is 0.268 e. The minimum Gasteiger partial charge on any atom is -0.508 e. The van der Waals surface area contributed by atoms with E-state index in [0.717, 1.165) is 5.01 Å². The number of hydrogen-bond donors (Lipinski definition) is 3. The summed E-state index contributed by atoms with van der Waals surface area (Å²) in [5, 5.41) is 39.3. The van der Waals surface area contributed by atoms with E-state index in [9.17, 15) is 15.0 Å². The van der Waals surface area contributed by atoms with Gasteiger partial charge in [-0.05, 0) is 30.7 Å². The van der Waals surface area contributed by atoms with E-state index in [0.29, 0.717) is 11.6 Å². The van der Waals surface area contributed by atoms with Gasteiger partial charge in [-0.25, -0.2) is 0 Å². The minimum absolute atomic E-state index is 0.0848. The Labute approximate surface area is 130 Å². The van der Waals surface area contributed by atoms with Crippen LogP contribution >= 0.6 is 11.3 Å². The molecule has 0 fully saturated rings. The van der Waals surface area contributed by atoms with E-state index in [1.807, 2.05) is 6.92 Å². The molecule has 1 amide bonds. The molecule has 0 unspecified atom stereocenters. The highest BCUT2D eigenvalue weighted by molar-refractivity contribution is 7.15. The maximum absolute atomic E-state index is 12.0. The number of nitrogens with zero attached hydrogens (tertiary/aromatic N) is 3. The van der Waals surface area contributed by atoms with Crippen LogP contribution in [0.3, 0.4) is 0 Å². The molecule has 8 heteroatoms. The van der Waals surface area contributed by atoms with E-state index in [1.165, 1.54) is 35.6 Å². The van der Waals surface area contributed by atoms with Crippen molar-refractivity contribution in [2.24, 2.45) is 0 Å². The molecule has 1 aromatic carbocycles. The topological polar surface area (TPSA) is 119 Å². The molecule has 112 valence electrons. The van der Waals surface area contributed by atoms with E-state index in [2.05, 4.69) is 15.5 Å². The summed E-state index contributed by atoms with van der Waals surface area (Å²) in [6.45, 7) is 1.91. The summed E-state index contributed by atoms with van der Waals surface area (Å²) < 4.78 is 0. The summed E-state index contributed by atoms with van der Waals surface area (Å²) in [5.74, 6) is -0.898. The third-order valence-electron chi connectivity index (χ3n) is 2.67. The lowest BCUT2D eigenvalue weighted by Crippen LogP contribution is -2.13. The molecule has 7 nitrogen and oxygen atoms in total. The third-order valence-corrected chi connectivity index (χ3v) is 3.65. The Morgan fingerprint density at radius 3 is 2.86 bits per heavy atom. The van der Waals surface area contributed by atoms with Gasteiger partial charge in [0.1, 0.15) is 28.1 Å². The number of anilines is 1. The van der Waals surface area contributed by atoms with Crippen LogP contribution in [0.2, 0.25) is 0 Å². The molecule has 0 saturated carbocycles. The minimum atomic E-state index is -0.663. The van der Waals surface area contributed by atoms with Gasteiger partial charge >= 0.3 is 0 Å². The number of benzene rings is 1. The Balaban J connectivity index is 2.23. The number of rotatable bonds is 4. The Bertz CT molecular complexity index is 777. The molecule has 3 N–H and O–H groups in total. The van der Waals surface area contributed by atoms with Gasteiger partial charge in [-0.2, -0.15) is 5.26 Å². The maximum atomic E-state index is 12.0. The number of carbonyl (C=O) groups excluding carboxylic acids is 1. The Kier molecular flexibility index (Phi) is 4.70. The van der Waals surface area contributed by atoms with Crippen LogP contribution in [0.15, 0.2) is 23.8 Å². The number of aromatic nitrogens is 2. The van der Waals surface area contributed by atoms with Crippen LogP contribution in [-0.4, -0.2) is 26.3 Å². The molecular formula is C14H12N4O3S. The molecule has 0 bridgehead atoms. The van der Waals surface area contributed by atoms with Gasteiger partial charge in [0.2, 0.25) is 5.13 Å². The van der Waals surface area contributed by atoms with E-state index in [4.69, 9.17) is 5.26 Å². The number of aryl methyl sites for hydroxylation is 1. The van der Waals surface area contributed by atoms with Crippen molar-refractivity contribution in [3.8, 4) is 17.6 Å². The van der Waals surface area contributed by atoms with Crippen molar-refractivity contribution in [3.63, 3.8) is 0 Å². The highest BCUT2D eigenvalue weighted by Gasteiger charge is 2.13. The number of carbonyl (C=O) groups is 1.